The maximum absolute atomic E-state index is 13.4. The number of benzene rings is 1. The zero-order valence-corrected chi connectivity index (χ0v) is 9.11. The fourth-order valence-corrected chi connectivity index (χ4v) is 1.49. The van der Waals surface area contributed by atoms with Crippen LogP contribution < -0.4 is 10.1 Å². The first-order valence-corrected chi connectivity index (χ1v) is 5.11. The summed E-state index contributed by atoms with van der Waals surface area (Å²) in [5.41, 5.74) is -0.119. The van der Waals surface area contributed by atoms with Gasteiger partial charge in [-0.15, -0.1) is 0 Å². The predicted molar refractivity (Wildman–Crippen MR) is 55.5 cm³/mol. The lowest BCUT2D eigenvalue weighted by molar-refractivity contribution is 0.101. The Kier molecular flexibility index (Phi) is 3.40. The number of carbonyl (C=O) groups is 2. The molecule has 1 unspecified atom stereocenters. The van der Waals surface area contributed by atoms with E-state index in [1.807, 2.05) is 0 Å². The normalized spacial score (nSPS) is 18.1. The lowest BCUT2D eigenvalue weighted by atomic mass is 10.2. The summed E-state index contributed by atoms with van der Waals surface area (Å²) in [6.07, 6.45) is -0.860. The maximum atomic E-state index is 13.4. The molecule has 1 aromatic carbocycles. The number of carbonyl (C=O) groups excluding carboxylic acids is 2. The van der Waals surface area contributed by atoms with Crippen LogP contribution in [-0.4, -0.2) is 31.6 Å². The third-order valence-electron chi connectivity index (χ3n) is 2.32. The number of hydrogen-bond donors (Lipinski definition) is 1. The van der Waals surface area contributed by atoms with Crippen molar-refractivity contribution < 1.29 is 27.8 Å². The van der Waals surface area contributed by atoms with Gasteiger partial charge in [0.05, 0.1) is 6.54 Å². The third-order valence-corrected chi connectivity index (χ3v) is 2.32. The van der Waals surface area contributed by atoms with Gasteiger partial charge in [0.1, 0.15) is 12.9 Å². The van der Waals surface area contributed by atoms with Crippen LogP contribution in [0.2, 0.25) is 0 Å². The van der Waals surface area contributed by atoms with Crippen LogP contribution in [0, 0.1) is 11.6 Å². The van der Waals surface area contributed by atoms with Crippen molar-refractivity contribution in [1.29, 1.82) is 0 Å². The molecule has 2 rings (SSSR count). The molecule has 7 heteroatoms. The van der Waals surface area contributed by atoms with Crippen molar-refractivity contribution in [2.45, 2.75) is 6.10 Å². The van der Waals surface area contributed by atoms with E-state index >= 15 is 0 Å². The molecule has 1 fully saturated rings. The smallest absolute Gasteiger partial charge is 0.407 e. The lowest BCUT2D eigenvalue weighted by Gasteiger charge is -2.11. The molecule has 0 spiro atoms. The highest BCUT2D eigenvalue weighted by Crippen LogP contribution is 2.23. The van der Waals surface area contributed by atoms with E-state index in [1.54, 1.807) is 0 Å². The molecule has 96 valence electrons. The first kappa shape index (κ1) is 12.3. The summed E-state index contributed by atoms with van der Waals surface area (Å²) < 4.78 is 36.5. The molecule has 1 aliphatic heterocycles. The van der Waals surface area contributed by atoms with Crippen molar-refractivity contribution in [1.82, 2.24) is 5.32 Å². The van der Waals surface area contributed by atoms with Crippen molar-refractivity contribution in [3.63, 3.8) is 0 Å². The minimum atomic E-state index is -0.977. The molecule has 1 heterocycles. The van der Waals surface area contributed by atoms with E-state index in [1.165, 1.54) is 0 Å². The molecule has 1 amide bonds. The molecule has 0 aliphatic carbocycles. The Morgan fingerprint density at radius 3 is 2.61 bits per heavy atom. The van der Waals surface area contributed by atoms with Crippen LogP contribution in [0.5, 0.6) is 5.75 Å². The number of amides is 1. The maximum Gasteiger partial charge on any atom is 0.407 e. The van der Waals surface area contributed by atoms with Crippen molar-refractivity contribution in [2.75, 3.05) is 13.2 Å². The molecule has 1 atom stereocenters. The van der Waals surface area contributed by atoms with Crippen molar-refractivity contribution in [3.8, 4) is 5.75 Å². The number of nitrogens with one attached hydrogen (secondary N) is 1. The number of ether oxygens (including phenoxy) is 2. The molecule has 18 heavy (non-hydrogen) atoms. The molecule has 1 N–H and O–H groups in total. The molecule has 1 saturated heterocycles. The predicted octanol–water partition coefficient (Wildman–Crippen LogP) is 1.26. The fraction of sp³-hybridized carbons (Fsp3) is 0.273. The fourth-order valence-electron chi connectivity index (χ4n) is 1.49. The highest BCUT2D eigenvalue weighted by Gasteiger charge is 2.24. The lowest BCUT2D eigenvalue weighted by Crippen LogP contribution is -2.22. The topological polar surface area (TPSA) is 64.6 Å². The Morgan fingerprint density at radius 1 is 1.44 bits per heavy atom. The molecule has 0 bridgehead atoms. The number of aldehydes is 1. The van der Waals surface area contributed by atoms with Gasteiger partial charge in [0, 0.05) is 5.56 Å². The van der Waals surface area contributed by atoms with Gasteiger partial charge in [-0.25, -0.2) is 13.6 Å². The van der Waals surface area contributed by atoms with Crippen LogP contribution in [0.1, 0.15) is 10.4 Å². The Morgan fingerprint density at radius 2 is 2.11 bits per heavy atom. The largest absolute Gasteiger partial charge is 0.484 e. The van der Waals surface area contributed by atoms with E-state index in [9.17, 15) is 18.4 Å². The van der Waals surface area contributed by atoms with Crippen LogP contribution in [0.3, 0.4) is 0 Å². The first-order chi connectivity index (χ1) is 8.60. The Labute approximate surface area is 101 Å². The molecule has 5 nitrogen and oxygen atoms in total. The molecule has 0 aromatic heterocycles. The standard InChI is InChI=1S/C11H9F2NO4/c12-8-1-6(4-15)2-9(13)10(8)17-5-7-3-14-11(16)18-7/h1-2,4,7H,3,5H2,(H,14,16). The zero-order valence-electron chi connectivity index (χ0n) is 9.11. The van der Waals surface area contributed by atoms with Gasteiger partial charge in [0.2, 0.25) is 0 Å². The van der Waals surface area contributed by atoms with Crippen molar-refractivity contribution >= 4 is 12.4 Å². The average Bonchev–Trinajstić information content (AvgIpc) is 2.73. The van der Waals surface area contributed by atoms with Crippen LogP contribution in [0.4, 0.5) is 13.6 Å². The van der Waals surface area contributed by atoms with E-state index in [0.29, 0.717) is 6.29 Å². The summed E-state index contributed by atoms with van der Waals surface area (Å²) >= 11 is 0. The van der Waals surface area contributed by atoms with Gasteiger partial charge in [0.25, 0.3) is 0 Å². The minimum absolute atomic E-state index is 0.119. The average molecular weight is 257 g/mol. The van der Waals surface area contributed by atoms with Crippen molar-refractivity contribution in [2.24, 2.45) is 0 Å². The van der Waals surface area contributed by atoms with Crippen molar-refractivity contribution in [3.05, 3.63) is 29.3 Å². The molecule has 1 aliphatic rings. The Balaban J connectivity index is 2.05. The van der Waals surface area contributed by atoms with Crippen LogP contribution in [0.15, 0.2) is 12.1 Å². The third kappa shape index (κ3) is 2.55. The Bertz CT molecular complexity index is 469. The number of rotatable bonds is 4. The van der Waals surface area contributed by atoms with Gasteiger partial charge in [-0.05, 0) is 12.1 Å². The molecule has 1 aromatic rings. The van der Waals surface area contributed by atoms with E-state index in [2.05, 4.69) is 5.32 Å². The number of alkyl carbamates (subject to hydrolysis) is 1. The van der Waals surface area contributed by atoms with E-state index in [0.717, 1.165) is 12.1 Å². The second-order valence-corrected chi connectivity index (χ2v) is 3.65. The zero-order chi connectivity index (χ0) is 13.1. The minimum Gasteiger partial charge on any atom is -0.484 e. The van der Waals surface area contributed by atoms with Gasteiger partial charge < -0.3 is 14.8 Å². The monoisotopic (exact) mass is 257 g/mol. The summed E-state index contributed by atoms with van der Waals surface area (Å²) in [7, 11) is 0. The van der Waals surface area contributed by atoms with Gasteiger partial charge >= 0.3 is 6.09 Å². The number of hydrogen-bond acceptors (Lipinski definition) is 4. The second-order valence-electron chi connectivity index (χ2n) is 3.65. The second kappa shape index (κ2) is 4.99. The first-order valence-electron chi connectivity index (χ1n) is 5.11. The molecular formula is C11H9F2NO4. The SMILES string of the molecule is O=Cc1cc(F)c(OCC2CNC(=O)O2)c(F)c1. The highest BCUT2D eigenvalue weighted by molar-refractivity contribution is 5.75. The number of cyclic esters (lactones) is 1. The van der Waals surface area contributed by atoms with Crippen LogP contribution in [0.25, 0.3) is 0 Å². The summed E-state index contributed by atoms with van der Waals surface area (Å²) in [5, 5.41) is 2.38. The summed E-state index contributed by atoms with van der Waals surface area (Å²) in [5.74, 6) is -2.55. The molecule has 0 saturated carbocycles. The van der Waals surface area contributed by atoms with E-state index in [-0.39, 0.29) is 18.7 Å². The Hall–Kier alpha value is -2.18. The van der Waals surface area contributed by atoms with Gasteiger partial charge in [0.15, 0.2) is 23.5 Å². The summed E-state index contributed by atoms with van der Waals surface area (Å²) in [6.45, 7) is 0.0432. The quantitative estimate of drug-likeness (QED) is 0.825. The van der Waals surface area contributed by atoms with Crippen LogP contribution in [-0.2, 0) is 4.74 Å². The molecular weight excluding hydrogens is 248 g/mol. The van der Waals surface area contributed by atoms with Gasteiger partial charge in [-0.1, -0.05) is 0 Å². The van der Waals surface area contributed by atoms with Crippen LogP contribution >= 0.6 is 0 Å². The van der Waals surface area contributed by atoms with E-state index in [4.69, 9.17) is 9.47 Å². The molecule has 0 radical (unpaired) electrons. The van der Waals surface area contributed by atoms with E-state index < -0.39 is 29.6 Å². The summed E-state index contributed by atoms with van der Waals surface area (Å²) in [6, 6.07) is 1.73. The van der Waals surface area contributed by atoms with Gasteiger partial charge in [-0.3, -0.25) is 4.79 Å². The highest BCUT2D eigenvalue weighted by atomic mass is 19.1. The van der Waals surface area contributed by atoms with Gasteiger partial charge in [-0.2, -0.15) is 0 Å². The number of halogens is 2. The summed E-state index contributed by atoms with van der Waals surface area (Å²) in [4.78, 5) is 21.1.